The predicted octanol–water partition coefficient (Wildman–Crippen LogP) is 1.16. The standard InChI is InChI=1S/C10H17NO3/c1-7(5-6-9(12)13)11-10(14)8-3-2-4-8/h7-8H,2-6H2,1H3,(H,11,14)(H,12,13). The van der Waals surface area contributed by atoms with Crippen LogP contribution in [0.15, 0.2) is 0 Å². The second-order valence-electron chi connectivity index (χ2n) is 3.97. The number of nitrogens with one attached hydrogen (secondary N) is 1. The molecule has 1 aliphatic rings. The van der Waals surface area contributed by atoms with E-state index in [1.165, 1.54) is 0 Å². The van der Waals surface area contributed by atoms with E-state index in [4.69, 9.17) is 5.11 Å². The minimum absolute atomic E-state index is 0.0285. The van der Waals surface area contributed by atoms with Gasteiger partial charge in [0.2, 0.25) is 5.91 Å². The zero-order chi connectivity index (χ0) is 10.6. The predicted molar refractivity (Wildman–Crippen MR) is 51.8 cm³/mol. The molecule has 2 N–H and O–H groups in total. The van der Waals surface area contributed by atoms with Crippen molar-refractivity contribution < 1.29 is 14.7 Å². The Hall–Kier alpha value is -1.06. The van der Waals surface area contributed by atoms with E-state index in [0.29, 0.717) is 6.42 Å². The van der Waals surface area contributed by atoms with Gasteiger partial charge in [0.05, 0.1) is 0 Å². The molecular weight excluding hydrogens is 182 g/mol. The van der Waals surface area contributed by atoms with Crippen LogP contribution in [0.4, 0.5) is 0 Å². The number of rotatable bonds is 5. The van der Waals surface area contributed by atoms with E-state index in [1.54, 1.807) is 0 Å². The van der Waals surface area contributed by atoms with Crippen LogP contribution >= 0.6 is 0 Å². The molecule has 1 aliphatic carbocycles. The lowest BCUT2D eigenvalue weighted by molar-refractivity contribution is -0.137. The SMILES string of the molecule is CC(CCC(=O)O)NC(=O)C1CCC1. The summed E-state index contributed by atoms with van der Waals surface area (Å²) < 4.78 is 0. The number of amides is 1. The maximum Gasteiger partial charge on any atom is 0.303 e. The molecule has 0 radical (unpaired) electrons. The Labute approximate surface area is 83.7 Å². The van der Waals surface area contributed by atoms with Gasteiger partial charge in [0.1, 0.15) is 0 Å². The molecule has 14 heavy (non-hydrogen) atoms. The molecule has 0 aliphatic heterocycles. The Balaban J connectivity index is 2.15. The van der Waals surface area contributed by atoms with E-state index in [0.717, 1.165) is 19.3 Å². The highest BCUT2D eigenvalue weighted by atomic mass is 16.4. The first-order chi connectivity index (χ1) is 6.59. The van der Waals surface area contributed by atoms with Crippen LogP contribution in [-0.2, 0) is 9.59 Å². The first kappa shape index (κ1) is 11.0. The zero-order valence-electron chi connectivity index (χ0n) is 8.45. The Bertz CT molecular complexity index is 223. The van der Waals surface area contributed by atoms with Gasteiger partial charge in [-0.25, -0.2) is 0 Å². The molecule has 80 valence electrons. The summed E-state index contributed by atoms with van der Waals surface area (Å²) in [5.74, 6) is -0.536. The minimum atomic E-state index is -0.810. The van der Waals surface area contributed by atoms with Crippen LogP contribution < -0.4 is 5.32 Å². The fourth-order valence-electron chi connectivity index (χ4n) is 1.44. The fourth-order valence-corrected chi connectivity index (χ4v) is 1.44. The molecule has 4 nitrogen and oxygen atoms in total. The van der Waals surface area contributed by atoms with Crippen molar-refractivity contribution in [3.63, 3.8) is 0 Å². The second kappa shape index (κ2) is 4.98. The van der Waals surface area contributed by atoms with Gasteiger partial charge in [-0.3, -0.25) is 9.59 Å². The molecule has 1 atom stereocenters. The lowest BCUT2D eigenvalue weighted by Crippen LogP contribution is -2.39. The zero-order valence-corrected chi connectivity index (χ0v) is 8.45. The van der Waals surface area contributed by atoms with Crippen molar-refractivity contribution in [2.45, 2.75) is 45.1 Å². The number of aliphatic carboxylic acids is 1. The molecule has 1 amide bonds. The molecule has 1 saturated carbocycles. The third-order valence-corrected chi connectivity index (χ3v) is 2.66. The lowest BCUT2D eigenvalue weighted by atomic mass is 9.84. The van der Waals surface area contributed by atoms with Crippen LogP contribution in [-0.4, -0.2) is 23.0 Å². The van der Waals surface area contributed by atoms with Crippen molar-refractivity contribution in [3.8, 4) is 0 Å². The van der Waals surface area contributed by atoms with Gasteiger partial charge in [0.15, 0.2) is 0 Å². The van der Waals surface area contributed by atoms with Gasteiger partial charge >= 0.3 is 5.97 Å². The van der Waals surface area contributed by atoms with Crippen molar-refractivity contribution in [3.05, 3.63) is 0 Å². The van der Waals surface area contributed by atoms with Gasteiger partial charge in [-0.1, -0.05) is 6.42 Å². The smallest absolute Gasteiger partial charge is 0.303 e. The number of carboxylic acid groups (broad SMARTS) is 1. The Kier molecular flexibility index (Phi) is 3.92. The summed E-state index contributed by atoms with van der Waals surface area (Å²) in [5.41, 5.74) is 0. The third kappa shape index (κ3) is 3.36. The van der Waals surface area contributed by atoms with Gasteiger partial charge < -0.3 is 10.4 Å². The molecule has 1 rings (SSSR count). The maximum absolute atomic E-state index is 11.4. The highest BCUT2D eigenvalue weighted by Gasteiger charge is 2.25. The number of hydrogen-bond donors (Lipinski definition) is 2. The van der Waals surface area contributed by atoms with Gasteiger partial charge in [-0.2, -0.15) is 0 Å². The molecule has 4 heteroatoms. The highest BCUT2D eigenvalue weighted by molar-refractivity contribution is 5.79. The van der Waals surface area contributed by atoms with E-state index >= 15 is 0 Å². The third-order valence-electron chi connectivity index (χ3n) is 2.66. The average Bonchev–Trinajstić information content (AvgIpc) is 1.97. The molecule has 1 unspecified atom stereocenters. The number of carbonyl (C=O) groups excluding carboxylic acids is 1. The van der Waals surface area contributed by atoms with E-state index in [9.17, 15) is 9.59 Å². The first-order valence-electron chi connectivity index (χ1n) is 5.11. The summed E-state index contributed by atoms with van der Waals surface area (Å²) in [7, 11) is 0. The lowest BCUT2D eigenvalue weighted by Gasteiger charge is -2.26. The van der Waals surface area contributed by atoms with Crippen LogP contribution in [0.3, 0.4) is 0 Å². The van der Waals surface area contributed by atoms with Gasteiger partial charge in [-0.15, -0.1) is 0 Å². The Morgan fingerprint density at radius 1 is 1.50 bits per heavy atom. The summed E-state index contributed by atoms with van der Waals surface area (Å²) in [6, 6.07) is -0.0285. The van der Waals surface area contributed by atoms with Gasteiger partial charge in [0, 0.05) is 18.4 Å². The van der Waals surface area contributed by atoms with E-state index < -0.39 is 5.97 Å². The Morgan fingerprint density at radius 2 is 2.14 bits per heavy atom. The van der Waals surface area contributed by atoms with Gasteiger partial charge in [0.25, 0.3) is 0 Å². The van der Waals surface area contributed by atoms with Gasteiger partial charge in [-0.05, 0) is 26.2 Å². The van der Waals surface area contributed by atoms with Crippen LogP contribution in [0.2, 0.25) is 0 Å². The van der Waals surface area contributed by atoms with Crippen molar-refractivity contribution >= 4 is 11.9 Å². The van der Waals surface area contributed by atoms with E-state index in [-0.39, 0.29) is 24.3 Å². The van der Waals surface area contributed by atoms with Crippen molar-refractivity contribution in [2.24, 2.45) is 5.92 Å². The van der Waals surface area contributed by atoms with E-state index in [1.807, 2.05) is 6.92 Å². The summed E-state index contributed by atoms with van der Waals surface area (Å²) in [6.07, 6.45) is 3.73. The van der Waals surface area contributed by atoms with Crippen LogP contribution in [0.1, 0.15) is 39.0 Å². The average molecular weight is 199 g/mol. The van der Waals surface area contributed by atoms with Crippen LogP contribution in [0.25, 0.3) is 0 Å². The topological polar surface area (TPSA) is 66.4 Å². The fraction of sp³-hybridized carbons (Fsp3) is 0.800. The van der Waals surface area contributed by atoms with Crippen molar-refractivity contribution in [1.82, 2.24) is 5.32 Å². The summed E-state index contributed by atoms with van der Waals surface area (Å²) >= 11 is 0. The molecule has 0 saturated heterocycles. The minimum Gasteiger partial charge on any atom is -0.481 e. The number of carbonyl (C=O) groups is 2. The number of hydrogen-bond acceptors (Lipinski definition) is 2. The summed E-state index contributed by atoms with van der Waals surface area (Å²) in [5, 5.41) is 11.3. The first-order valence-corrected chi connectivity index (χ1v) is 5.11. The largest absolute Gasteiger partial charge is 0.481 e. The molecule has 0 heterocycles. The monoisotopic (exact) mass is 199 g/mol. The normalized spacial score (nSPS) is 18.4. The highest BCUT2D eigenvalue weighted by Crippen LogP contribution is 2.26. The maximum atomic E-state index is 11.4. The molecule has 0 aromatic heterocycles. The second-order valence-corrected chi connectivity index (χ2v) is 3.97. The van der Waals surface area contributed by atoms with E-state index in [2.05, 4.69) is 5.32 Å². The molecule has 0 bridgehead atoms. The Morgan fingerprint density at radius 3 is 2.57 bits per heavy atom. The molecule has 0 aromatic carbocycles. The molecule has 0 spiro atoms. The molecular formula is C10H17NO3. The van der Waals surface area contributed by atoms with Crippen molar-refractivity contribution in [2.75, 3.05) is 0 Å². The quantitative estimate of drug-likeness (QED) is 0.698. The number of carboxylic acids is 1. The summed E-state index contributed by atoms with van der Waals surface area (Å²) in [6.45, 7) is 1.85. The van der Waals surface area contributed by atoms with Crippen LogP contribution in [0.5, 0.6) is 0 Å². The summed E-state index contributed by atoms with van der Waals surface area (Å²) in [4.78, 5) is 21.7. The van der Waals surface area contributed by atoms with Crippen molar-refractivity contribution in [1.29, 1.82) is 0 Å². The molecule has 0 aromatic rings. The van der Waals surface area contributed by atoms with Crippen LogP contribution in [0, 0.1) is 5.92 Å². The molecule has 1 fully saturated rings.